The van der Waals surface area contributed by atoms with Crippen LogP contribution in [0.1, 0.15) is 37.8 Å². The molecule has 3 heteroatoms. The number of carbonyl (C=O) groups excluding carboxylic acids is 1. The van der Waals surface area contributed by atoms with Gasteiger partial charge in [0.2, 0.25) is 5.91 Å². The topological polar surface area (TPSA) is 29.5 Å². The fourth-order valence-electron chi connectivity index (χ4n) is 3.07. The van der Waals surface area contributed by atoms with E-state index in [-0.39, 0.29) is 24.1 Å². The smallest absolute Gasteiger partial charge is 0.228 e. The first-order valence-corrected chi connectivity index (χ1v) is 6.80. The minimum absolute atomic E-state index is 0.00510. The van der Waals surface area contributed by atoms with Gasteiger partial charge in [0.1, 0.15) is 6.23 Å². The second-order valence-electron chi connectivity index (χ2n) is 5.14. The van der Waals surface area contributed by atoms with Crippen molar-refractivity contribution in [2.45, 2.75) is 38.5 Å². The van der Waals surface area contributed by atoms with Gasteiger partial charge in [0, 0.05) is 5.92 Å². The van der Waals surface area contributed by atoms with E-state index in [1.807, 2.05) is 23.1 Å². The lowest BCUT2D eigenvalue weighted by Gasteiger charge is -2.36. The van der Waals surface area contributed by atoms with Gasteiger partial charge in [-0.1, -0.05) is 37.3 Å². The van der Waals surface area contributed by atoms with Crippen LogP contribution in [0.5, 0.6) is 0 Å². The molecular weight excluding hydrogens is 226 g/mol. The minimum Gasteiger partial charge on any atom is -0.356 e. The molecule has 0 bridgehead atoms. The molecule has 0 spiro atoms. The molecule has 96 valence electrons. The summed E-state index contributed by atoms with van der Waals surface area (Å²) in [4.78, 5) is 14.4. The molecule has 0 aromatic heterocycles. The van der Waals surface area contributed by atoms with E-state index in [4.69, 9.17) is 4.74 Å². The number of benzene rings is 1. The molecule has 0 radical (unpaired) electrons. The molecule has 0 unspecified atom stereocenters. The quantitative estimate of drug-likeness (QED) is 0.801. The predicted molar refractivity (Wildman–Crippen MR) is 68.8 cm³/mol. The Hall–Kier alpha value is -1.35. The fourth-order valence-corrected chi connectivity index (χ4v) is 3.07. The maximum absolute atomic E-state index is 12.5. The summed E-state index contributed by atoms with van der Waals surface area (Å²) in [5, 5.41) is 0. The maximum atomic E-state index is 12.5. The Balaban J connectivity index is 1.87. The van der Waals surface area contributed by atoms with Gasteiger partial charge < -0.3 is 9.64 Å². The van der Waals surface area contributed by atoms with Crippen molar-refractivity contribution in [1.82, 2.24) is 4.90 Å². The van der Waals surface area contributed by atoms with Crippen molar-refractivity contribution < 1.29 is 9.53 Å². The van der Waals surface area contributed by atoms with E-state index >= 15 is 0 Å². The normalized spacial score (nSPS) is 31.5. The second-order valence-corrected chi connectivity index (χ2v) is 5.14. The van der Waals surface area contributed by atoms with Gasteiger partial charge in [-0.15, -0.1) is 0 Å². The van der Waals surface area contributed by atoms with Crippen molar-refractivity contribution in [3.8, 4) is 0 Å². The highest BCUT2D eigenvalue weighted by Crippen LogP contribution is 2.38. The number of nitrogens with zero attached hydrogens (tertiary/aromatic N) is 1. The van der Waals surface area contributed by atoms with Gasteiger partial charge in [-0.2, -0.15) is 0 Å². The lowest BCUT2D eigenvalue weighted by atomic mass is 9.92. The molecular formula is C15H19NO2. The molecule has 2 aliphatic heterocycles. The third-order valence-electron chi connectivity index (χ3n) is 4.14. The third kappa shape index (κ3) is 1.83. The van der Waals surface area contributed by atoms with Crippen LogP contribution in [0, 0.1) is 5.92 Å². The Morgan fingerprint density at radius 2 is 2.06 bits per heavy atom. The molecule has 0 saturated carbocycles. The van der Waals surface area contributed by atoms with Crippen LogP contribution in [0.15, 0.2) is 30.3 Å². The molecule has 0 aliphatic carbocycles. The molecule has 3 atom stereocenters. The average Bonchev–Trinajstić information content (AvgIpc) is 2.85. The number of fused-ring (bicyclic) bond motifs is 1. The molecule has 2 heterocycles. The van der Waals surface area contributed by atoms with Gasteiger partial charge in [-0.05, 0) is 24.8 Å². The van der Waals surface area contributed by atoms with Gasteiger partial charge in [0.15, 0.2) is 0 Å². The highest BCUT2D eigenvalue weighted by molar-refractivity contribution is 5.80. The van der Waals surface area contributed by atoms with Crippen molar-refractivity contribution in [3.63, 3.8) is 0 Å². The van der Waals surface area contributed by atoms with E-state index < -0.39 is 0 Å². The van der Waals surface area contributed by atoms with Crippen LogP contribution in [0.25, 0.3) is 0 Å². The van der Waals surface area contributed by atoms with Crippen LogP contribution in [-0.2, 0) is 9.53 Å². The van der Waals surface area contributed by atoms with Crippen molar-refractivity contribution in [1.29, 1.82) is 0 Å². The summed E-state index contributed by atoms with van der Waals surface area (Å²) in [5.41, 5.74) is 1.19. The minimum atomic E-state index is 0.00510. The molecule has 1 amide bonds. The fraction of sp³-hybridized carbons (Fsp3) is 0.533. The Labute approximate surface area is 108 Å². The Kier molecular flexibility index (Phi) is 3.08. The van der Waals surface area contributed by atoms with E-state index in [1.54, 1.807) is 0 Å². The van der Waals surface area contributed by atoms with Crippen LogP contribution in [0.4, 0.5) is 0 Å². The SMILES string of the molecule is CC[C@H]1CC[C@H]2OC[C@@H](c3ccccc3)N2C1=O. The highest BCUT2D eigenvalue weighted by Gasteiger charge is 2.43. The molecule has 3 rings (SSSR count). The van der Waals surface area contributed by atoms with E-state index in [9.17, 15) is 4.79 Å². The van der Waals surface area contributed by atoms with E-state index in [2.05, 4.69) is 19.1 Å². The highest BCUT2D eigenvalue weighted by atomic mass is 16.5. The average molecular weight is 245 g/mol. The standard InChI is InChI=1S/C15H19NO2/c1-2-11-8-9-14-16(15(11)17)13(10-18-14)12-6-4-3-5-7-12/h3-7,11,13-14H,2,8-10H2,1H3/t11-,13-,14+/m0/s1. The zero-order chi connectivity index (χ0) is 12.5. The Morgan fingerprint density at radius 1 is 1.28 bits per heavy atom. The molecule has 2 aliphatic rings. The monoisotopic (exact) mass is 245 g/mol. The number of carbonyl (C=O) groups is 1. The van der Waals surface area contributed by atoms with Crippen LogP contribution in [0.2, 0.25) is 0 Å². The summed E-state index contributed by atoms with van der Waals surface area (Å²) in [5.74, 6) is 0.467. The van der Waals surface area contributed by atoms with E-state index in [0.29, 0.717) is 6.61 Å². The van der Waals surface area contributed by atoms with Gasteiger partial charge >= 0.3 is 0 Å². The first-order valence-electron chi connectivity index (χ1n) is 6.80. The van der Waals surface area contributed by atoms with Crippen molar-refractivity contribution >= 4 is 5.91 Å². The molecule has 2 fully saturated rings. The molecule has 18 heavy (non-hydrogen) atoms. The Bertz CT molecular complexity index is 431. The lowest BCUT2D eigenvalue weighted by molar-refractivity contribution is -0.148. The van der Waals surface area contributed by atoms with Crippen LogP contribution >= 0.6 is 0 Å². The molecule has 0 N–H and O–H groups in total. The molecule has 1 aromatic rings. The summed E-state index contributed by atoms with van der Waals surface area (Å²) in [6.07, 6.45) is 2.89. The third-order valence-corrected chi connectivity index (χ3v) is 4.14. The number of rotatable bonds is 2. The molecule has 3 nitrogen and oxygen atoms in total. The van der Waals surface area contributed by atoms with Crippen LogP contribution in [-0.4, -0.2) is 23.6 Å². The largest absolute Gasteiger partial charge is 0.356 e. The first kappa shape index (κ1) is 11.7. The summed E-state index contributed by atoms with van der Waals surface area (Å²) >= 11 is 0. The van der Waals surface area contributed by atoms with Crippen LogP contribution in [0.3, 0.4) is 0 Å². The van der Waals surface area contributed by atoms with Crippen molar-refractivity contribution in [3.05, 3.63) is 35.9 Å². The van der Waals surface area contributed by atoms with Crippen molar-refractivity contribution in [2.75, 3.05) is 6.61 Å². The van der Waals surface area contributed by atoms with Gasteiger partial charge in [-0.3, -0.25) is 4.79 Å². The number of hydrogen-bond donors (Lipinski definition) is 0. The summed E-state index contributed by atoms with van der Waals surface area (Å²) in [6, 6.07) is 10.3. The second kappa shape index (κ2) is 4.73. The summed E-state index contributed by atoms with van der Waals surface area (Å²) < 4.78 is 5.79. The van der Waals surface area contributed by atoms with Gasteiger partial charge in [-0.25, -0.2) is 0 Å². The van der Waals surface area contributed by atoms with Gasteiger partial charge in [0.25, 0.3) is 0 Å². The molecule has 1 aromatic carbocycles. The number of amides is 1. The number of ether oxygens (including phenoxy) is 1. The first-order chi connectivity index (χ1) is 8.81. The number of hydrogen-bond acceptors (Lipinski definition) is 2. The van der Waals surface area contributed by atoms with E-state index in [0.717, 1.165) is 19.3 Å². The summed E-state index contributed by atoms with van der Waals surface area (Å²) in [6.45, 7) is 2.73. The Morgan fingerprint density at radius 3 is 2.78 bits per heavy atom. The zero-order valence-electron chi connectivity index (χ0n) is 10.7. The predicted octanol–water partition coefficient (Wildman–Crippen LogP) is 2.73. The van der Waals surface area contributed by atoms with Crippen LogP contribution < -0.4 is 0 Å². The zero-order valence-corrected chi connectivity index (χ0v) is 10.7. The summed E-state index contributed by atoms with van der Waals surface area (Å²) in [7, 11) is 0. The van der Waals surface area contributed by atoms with Gasteiger partial charge in [0.05, 0.1) is 12.6 Å². The van der Waals surface area contributed by atoms with Crippen molar-refractivity contribution in [2.24, 2.45) is 5.92 Å². The maximum Gasteiger partial charge on any atom is 0.228 e. The number of piperidine rings is 1. The lowest BCUT2D eigenvalue weighted by Crippen LogP contribution is -2.45. The van der Waals surface area contributed by atoms with E-state index in [1.165, 1.54) is 5.56 Å². The molecule has 2 saturated heterocycles.